The van der Waals surface area contributed by atoms with Crippen molar-refractivity contribution in [1.82, 2.24) is 4.90 Å². The Morgan fingerprint density at radius 2 is 1.76 bits per heavy atom. The van der Waals surface area contributed by atoms with Crippen LogP contribution in [0, 0.1) is 0 Å². The van der Waals surface area contributed by atoms with Gasteiger partial charge in [0.25, 0.3) is 5.91 Å². The van der Waals surface area contributed by atoms with Crippen LogP contribution in [-0.4, -0.2) is 34.0 Å². The van der Waals surface area contributed by atoms with Crippen LogP contribution in [0.5, 0.6) is 0 Å². The molecule has 1 amide bonds. The zero-order valence-electron chi connectivity index (χ0n) is 9.84. The number of hydrogen-bond acceptors (Lipinski definition) is 3. The fourth-order valence-electron chi connectivity index (χ4n) is 2.29. The number of carboxylic acid groups (broad SMARTS) is 1. The van der Waals surface area contributed by atoms with E-state index in [1.54, 1.807) is 6.07 Å². The molecule has 2 unspecified atom stereocenters. The van der Waals surface area contributed by atoms with Gasteiger partial charge in [0, 0.05) is 12.1 Å². The third-order valence-electron chi connectivity index (χ3n) is 3.21. The molecule has 0 bridgehead atoms. The number of rotatable bonds is 2. The summed E-state index contributed by atoms with van der Waals surface area (Å²) >= 11 is 1.05. The standard InChI is InChI=1S/C12H15NO3S/c1-7-3-4-8(2)13(7)11(14)9-5-6-10(17-9)12(15)16/h5-8H,3-4H2,1-2H3,(H,15,16). The van der Waals surface area contributed by atoms with Crippen LogP contribution in [0.4, 0.5) is 0 Å². The van der Waals surface area contributed by atoms with E-state index in [4.69, 9.17) is 5.11 Å². The molecular formula is C12H15NO3S. The number of carboxylic acids is 1. The van der Waals surface area contributed by atoms with Gasteiger partial charge in [0.05, 0.1) is 4.88 Å². The summed E-state index contributed by atoms with van der Waals surface area (Å²) in [6.07, 6.45) is 2.04. The highest BCUT2D eigenvalue weighted by Gasteiger charge is 2.32. The molecule has 2 heterocycles. The van der Waals surface area contributed by atoms with Gasteiger partial charge in [0.15, 0.2) is 0 Å². The maximum Gasteiger partial charge on any atom is 0.345 e. The van der Waals surface area contributed by atoms with E-state index in [2.05, 4.69) is 0 Å². The third-order valence-corrected chi connectivity index (χ3v) is 4.28. The van der Waals surface area contributed by atoms with Crippen LogP contribution in [0.2, 0.25) is 0 Å². The van der Waals surface area contributed by atoms with Gasteiger partial charge in [0.2, 0.25) is 0 Å². The normalized spacial score (nSPS) is 24.0. The number of aromatic carboxylic acids is 1. The lowest BCUT2D eigenvalue weighted by molar-refractivity contribution is 0.0692. The van der Waals surface area contributed by atoms with Crippen molar-refractivity contribution < 1.29 is 14.7 Å². The van der Waals surface area contributed by atoms with Crippen LogP contribution < -0.4 is 0 Å². The highest BCUT2D eigenvalue weighted by atomic mass is 32.1. The Labute approximate surface area is 104 Å². The Morgan fingerprint density at radius 1 is 1.24 bits per heavy atom. The highest BCUT2D eigenvalue weighted by molar-refractivity contribution is 7.15. The second kappa shape index (κ2) is 4.49. The molecule has 1 aliphatic rings. The molecule has 1 fully saturated rings. The predicted octanol–water partition coefficient (Wildman–Crippen LogP) is 2.46. The minimum Gasteiger partial charge on any atom is -0.477 e. The summed E-state index contributed by atoms with van der Waals surface area (Å²) in [6, 6.07) is 3.58. The number of thiophene rings is 1. The predicted molar refractivity (Wildman–Crippen MR) is 65.6 cm³/mol. The third kappa shape index (κ3) is 2.20. The molecule has 0 aromatic carbocycles. The van der Waals surface area contributed by atoms with Gasteiger partial charge in [-0.15, -0.1) is 11.3 Å². The molecule has 0 aliphatic carbocycles. The number of carbonyl (C=O) groups excluding carboxylic acids is 1. The number of nitrogens with zero attached hydrogens (tertiary/aromatic N) is 1. The van der Waals surface area contributed by atoms with Crippen molar-refractivity contribution in [2.24, 2.45) is 0 Å². The summed E-state index contributed by atoms with van der Waals surface area (Å²) in [5.74, 6) is -1.02. The lowest BCUT2D eigenvalue weighted by Crippen LogP contribution is -2.38. The molecule has 1 aliphatic heterocycles. The molecule has 1 aromatic heterocycles. The average molecular weight is 253 g/mol. The average Bonchev–Trinajstić information content (AvgIpc) is 2.85. The van der Waals surface area contributed by atoms with E-state index < -0.39 is 5.97 Å². The first-order chi connectivity index (χ1) is 8.00. The van der Waals surface area contributed by atoms with E-state index in [9.17, 15) is 9.59 Å². The molecule has 1 saturated heterocycles. The van der Waals surface area contributed by atoms with Gasteiger partial charge in [-0.05, 0) is 38.8 Å². The van der Waals surface area contributed by atoms with Crippen molar-refractivity contribution in [2.45, 2.75) is 38.8 Å². The molecule has 4 nitrogen and oxygen atoms in total. The van der Waals surface area contributed by atoms with Crippen LogP contribution in [-0.2, 0) is 0 Å². The molecule has 0 saturated carbocycles. The number of likely N-dealkylation sites (tertiary alicyclic amines) is 1. The SMILES string of the molecule is CC1CCC(C)N1C(=O)c1ccc(C(=O)O)s1. The van der Waals surface area contributed by atoms with E-state index in [-0.39, 0.29) is 22.9 Å². The van der Waals surface area contributed by atoms with Crippen LogP contribution >= 0.6 is 11.3 Å². The topological polar surface area (TPSA) is 57.6 Å². The Balaban J connectivity index is 2.21. The van der Waals surface area contributed by atoms with Gasteiger partial charge in [-0.25, -0.2) is 4.79 Å². The zero-order chi connectivity index (χ0) is 12.6. The quantitative estimate of drug-likeness (QED) is 0.880. The number of hydrogen-bond donors (Lipinski definition) is 1. The second-order valence-corrected chi connectivity index (χ2v) is 5.54. The molecule has 2 atom stereocenters. The minimum atomic E-state index is -0.975. The zero-order valence-corrected chi connectivity index (χ0v) is 10.7. The molecule has 0 radical (unpaired) electrons. The maximum absolute atomic E-state index is 12.2. The lowest BCUT2D eigenvalue weighted by Gasteiger charge is -2.25. The van der Waals surface area contributed by atoms with Crippen molar-refractivity contribution >= 4 is 23.2 Å². The first kappa shape index (κ1) is 12.1. The lowest BCUT2D eigenvalue weighted by atomic mass is 10.2. The molecule has 1 N–H and O–H groups in total. The summed E-state index contributed by atoms with van der Waals surface area (Å²) in [7, 11) is 0. The minimum absolute atomic E-state index is 0.0417. The van der Waals surface area contributed by atoms with Gasteiger partial charge in [-0.3, -0.25) is 4.79 Å². The van der Waals surface area contributed by atoms with Crippen LogP contribution in [0.3, 0.4) is 0 Å². The van der Waals surface area contributed by atoms with Crippen LogP contribution in [0.1, 0.15) is 46.0 Å². The van der Waals surface area contributed by atoms with Crippen molar-refractivity contribution in [2.75, 3.05) is 0 Å². The largest absolute Gasteiger partial charge is 0.477 e. The first-order valence-corrected chi connectivity index (χ1v) is 6.48. The van der Waals surface area contributed by atoms with Gasteiger partial charge in [-0.2, -0.15) is 0 Å². The Kier molecular flexibility index (Phi) is 3.19. The summed E-state index contributed by atoms with van der Waals surface area (Å²) in [5.41, 5.74) is 0. The van der Waals surface area contributed by atoms with Crippen molar-refractivity contribution in [3.05, 3.63) is 21.9 Å². The number of amides is 1. The highest BCUT2D eigenvalue weighted by Crippen LogP contribution is 2.27. The Hall–Kier alpha value is -1.36. The fraction of sp³-hybridized carbons (Fsp3) is 0.500. The smallest absolute Gasteiger partial charge is 0.345 e. The molecular weight excluding hydrogens is 238 g/mol. The van der Waals surface area contributed by atoms with Gasteiger partial charge in [-0.1, -0.05) is 0 Å². The molecule has 1 aromatic rings. The molecule has 92 valence electrons. The summed E-state index contributed by atoms with van der Waals surface area (Å²) in [6.45, 7) is 4.07. The molecule has 0 spiro atoms. The second-order valence-electron chi connectivity index (χ2n) is 4.46. The van der Waals surface area contributed by atoms with Crippen LogP contribution in [0.25, 0.3) is 0 Å². The fourth-order valence-corrected chi connectivity index (χ4v) is 3.08. The van der Waals surface area contributed by atoms with Crippen LogP contribution in [0.15, 0.2) is 12.1 Å². The Bertz CT molecular complexity index is 444. The Morgan fingerprint density at radius 3 is 2.24 bits per heavy atom. The molecule has 5 heteroatoms. The van der Waals surface area contributed by atoms with Crippen molar-refractivity contribution in [3.63, 3.8) is 0 Å². The van der Waals surface area contributed by atoms with Gasteiger partial charge in [0.1, 0.15) is 4.88 Å². The van der Waals surface area contributed by atoms with Crippen molar-refractivity contribution in [3.8, 4) is 0 Å². The molecule has 17 heavy (non-hydrogen) atoms. The first-order valence-electron chi connectivity index (χ1n) is 5.66. The summed E-state index contributed by atoms with van der Waals surface area (Å²) in [4.78, 5) is 25.6. The van der Waals surface area contributed by atoms with E-state index in [1.165, 1.54) is 6.07 Å². The maximum atomic E-state index is 12.2. The van der Waals surface area contributed by atoms with Gasteiger partial charge < -0.3 is 10.0 Å². The van der Waals surface area contributed by atoms with E-state index in [1.807, 2.05) is 18.7 Å². The summed E-state index contributed by atoms with van der Waals surface area (Å²) < 4.78 is 0. The summed E-state index contributed by atoms with van der Waals surface area (Å²) in [5, 5.41) is 8.83. The van der Waals surface area contributed by atoms with Crippen molar-refractivity contribution in [1.29, 1.82) is 0 Å². The molecule has 2 rings (SSSR count). The van der Waals surface area contributed by atoms with E-state index >= 15 is 0 Å². The monoisotopic (exact) mass is 253 g/mol. The van der Waals surface area contributed by atoms with E-state index in [0.717, 1.165) is 24.2 Å². The van der Waals surface area contributed by atoms with E-state index in [0.29, 0.717) is 4.88 Å². The van der Waals surface area contributed by atoms with Gasteiger partial charge >= 0.3 is 5.97 Å². The number of carbonyl (C=O) groups is 2.